The van der Waals surface area contributed by atoms with E-state index in [9.17, 15) is 64.9 Å². The van der Waals surface area contributed by atoms with E-state index in [1.165, 1.54) is 49.3 Å². The SMILES string of the molecule is Cn1cnc2c(C#N)nc(-c3ccc(OCCC4CCN(C(=O)CCl)CC4)c(C(F)(F)F)c3)cc21.Cn1cnc2c(C#N)nc(-c3ccc(OCCC4CCN(C(=O)CN5CCCC5)CC4)c(C(F)(F)F)c3)cc21.Cn1cnc2c(C#N)nc(-c3ccc(OCCC4CCNCC4)c(C(F)(F)F)c3)cc21. The van der Waals surface area contributed by atoms with Gasteiger partial charge in [0.05, 0.1) is 95.7 Å². The van der Waals surface area contributed by atoms with E-state index in [2.05, 4.69) is 40.1 Å². The Bertz CT molecular complexity index is 4720. The number of rotatable bonds is 18. The molecule has 0 unspecified atom stereocenters. The first-order valence-corrected chi connectivity index (χ1v) is 35.1. The van der Waals surface area contributed by atoms with Gasteiger partial charge < -0.3 is 43.0 Å². The summed E-state index contributed by atoms with van der Waals surface area (Å²) in [6.45, 7) is 7.40. The number of ether oxygens (including phenoxy) is 3. The summed E-state index contributed by atoms with van der Waals surface area (Å²) in [7, 11) is 5.23. The summed E-state index contributed by atoms with van der Waals surface area (Å²) in [5.41, 5.74) is 2.09. The van der Waals surface area contributed by atoms with E-state index in [0.717, 1.165) is 102 Å². The van der Waals surface area contributed by atoms with Crippen LogP contribution < -0.4 is 19.5 Å². The van der Waals surface area contributed by atoms with Gasteiger partial charge in [-0.3, -0.25) is 14.5 Å². The number of fused-ring (bicyclic) bond motifs is 3. The maximum atomic E-state index is 14.0. The van der Waals surface area contributed by atoms with Crippen LogP contribution in [-0.4, -0.2) is 155 Å². The Balaban J connectivity index is 0.000000158. The summed E-state index contributed by atoms with van der Waals surface area (Å²) in [6.07, 6.45) is 0.196. The van der Waals surface area contributed by atoms with Crippen LogP contribution in [-0.2, 0) is 49.3 Å². The third kappa shape index (κ3) is 18.5. The average Bonchev–Trinajstić information content (AvgIpc) is 1.76. The van der Waals surface area contributed by atoms with Crippen molar-refractivity contribution in [3.63, 3.8) is 0 Å². The number of carbonyl (C=O) groups is 2. The number of nitrogens with one attached hydrogen (secondary N) is 1. The first-order valence-electron chi connectivity index (χ1n) is 34.5. The second-order valence-electron chi connectivity index (χ2n) is 26.6. The standard InChI is InChI=1S/C28H31F3N6O2.C24H23ClF3N5O2.C22H22F3N5O/c1-35-18-33-27-23(16-32)34-22(15-24(27)35)20-4-5-25(21(14-20)28(29,30)31)39-13-8-19-6-11-37(12-7-19)26(38)17-36-9-2-3-10-36;1-32-14-30-23-19(13-29)31-18(11-20(23)32)16-2-3-21(17(10-16)24(26,27)28)35-9-6-15-4-7-33(8-5-15)22(34)12-25;1-30-13-28-21-18(12-26)29-17(11-19(21)30)15-2-3-20(16(10-15)22(23,24)25)31-9-6-14-4-7-27-8-5-14/h4-5,14-15,18-19H,2-3,6-13,17H2,1H3;2-3,10-11,14-15H,4-9,12H2,1H3;2-3,10-11,13-14,27H,4-9H2,1H3. The number of alkyl halides is 10. The molecule has 1 N–H and O–H groups in total. The largest absolute Gasteiger partial charge is 0.493 e. The smallest absolute Gasteiger partial charge is 0.419 e. The van der Waals surface area contributed by atoms with E-state index in [-0.39, 0.29) is 112 Å². The van der Waals surface area contributed by atoms with E-state index in [0.29, 0.717) is 90.5 Å². The van der Waals surface area contributed by atoms with E-state index in [1.54, 1.807) is 64.0 Å². The van der Waals surface area contributed by atoms with E-state index in [4.69, 9.17) is 25.8 Å². The van der Waals surface area contributed by atoms with Gasteiger partial charge in [0.2, 0.25) is 11.8 Å². The van der Waals surface area contributed by atoms with Crippen molar-refractivity contribution in [3.05, 3.63) is 126 Å². The fourth-order valence-corrected chi connectivity index (χ4v) is 13.8. The molecule has 10 heterocycles. The number of imidazole rings is 3. The molecule has 0 radical (unpaired) electrons. The van der Waals surface area contributed by atoms with Gasteiger partial charge in [-0.1, -0.05) is 0 Å². The number of amides is 2. The van der Waals surface area contributed by atoms with Crippen LogP contribution in [0.15, 0.2) is 91.8 Å². The zero-order chi connectivity index (χ0) is 74.7. The predicted molar refractivity (Wildman–Crippen MR) is 372 cm³/mol. The number of aryl methyl sites for hydroxylation is 3. The first-order chi connectivity index (χ1) is 50.3. The second kappa shape index (κ2) is 33.3. The molecule has 4 saturated heterocycles. The van der Waals surface area contributed by atoms with Crippen LogP contribution in [0, 0.1) is 51.7 Å². The summed E-state index contributed by atoms with van der Waals surface area (Å²) >= 11 is 5.59. The number of hydrogen-bond acceptors (Lipinski definition) is 16. The lowest BCUT2D eigenvalue weighted by Crippen LogP contribution is -2.43. The van der Waals surface area contributed by atoms with E-state index < -0.39 is 35.2 Å². The minimum Gasteiger partial charge on any atom is -0.493 e. The van der Waals surface area contributed by atoms with Gasteiger partial charge in [-0.2, -0.15) is 55.3 Å². The van der Waals surface area contributed by atoms with Crippen molar-refractivity contribution in [1.82, 2.24) is 63.6 Å². The van der Waals surface area contributed by atoms with Crippen LogP contribution in [0.1, 0.15) is 104 Å². The number of likely N-dealkylation sites (tertiary alicyclic amines) is 3. The second-order valence-corrected chi connectivity index (χ2v) is 26.8. The number of pyridine rings is 3. The van der Waals surface area contributed by atoms with Gasteiger partial charge >= 0.3 is 18.5 Å². The lowest BCUT2D eigenvalue weighted by Gasteiger charge is -2.33. The molecule has 4 fully saturated rings. The molecule has 0 bridgehead atoms. The van der Waals surface area contributed by atoms with Crippen molar-refractivity contribution in [3.8, 4) is 69.2 Å². The van der Waals surface area contributed by atoms with Crippen molar-refractivity contribution in [2.45, 2.75) is 89.2 Å². The normalized spacial score (nSPS) is 15.8. The molecule has 4 aliphatic rings. The molecule has 4 aliphatic heterocycles. The Labute approximate surface area is 604 Å². The Kier molecular flexibility index (Phi) is 24.2. The van der Waals surface area contributed by atoms with E-state index >= 15 is 0 Å². The minimum absolute atomic E-state index is 0.0470. The van der Waals surface area contributed by atoms with Gasteiger partial charge in [0, 0.05) is 64.0 Å². The van der Waals surface area contributed by atoms with Gasteiger partial charge in [-0.05, 0) is 187 Å². The highest BCUT2D eigenvalue weighted by Gasteiger charge is 2.38. The zero-order valence-corrected chi connectivity index (χ0v) is 58.6. The van der Waals surface area contributed by atoms with Crippen molar-refractivity contribution in [2.75, 3.05) is 84.6 Å². The van der Waals surface area contributed by atoms with Gasteiger partial charge in [0.15, 0.2) is 17.1 Å². The molecule has 0 aliphatic carbocycles. The van der Waals surface area contributed by atoms with E-state index in [1.807, 2.05) is 23.1 Å². The third-order valence-electron chi connectivity index (χ3n) is 19.6. The van der Waals surface area contributed by atoms with Crippen LogP contribution in [0.3, 0.4) is 0 Å². The lowest BCUT2D eigenvalue weighted by molar-refractivity contribution is -0.139. The molecule has 3 aromatic carbocycles. The van der Waals surface area contributed by atoms with Crippen molar-refractivity contribution in [2.24, 2.45) is 38.9 Å². The number of benzene rings is 3. The fourth-order valence-electron chi connectivity index (χ4n) is 13.6. The van der Waals surface area contributed by atoms with Crippen LogP contribution in [0.4, 0.5) is 39.5 Å². The third-order valence-corrected chi connectivity index (χ3v) is 19.8. The van der Waals surface area contributed by atoms with Crippen LogP contribution >= 0.6 is 11.6 Å². The molecule has 552 valence electrons. The molecule has 13 rings (SSSR count). The molecule has 0 saturated carbocycles. The van der Waals surface area contributed by atoms with Crippen LogP contribution in [0.25, 0.3) is 66.9 Å². The Hall–Kier alpha value is -10.1. The maximum Gasteiger partial charge on any atom is 0.419 e. The number of hydrogen-bond donors (Lipinski definition) is 1. The van der Waals surface area contributed by atoms with Gasteiger partial charge in [0.25, 0.3) is 0 Å². The number of nitrogens with zero attached hydrogens (tertiary/aromatic N) is 15. The molecular formula is C74H76ClF9N16O5. The van der Waals surface area contributed by atoms with Gasteiger partial charge in [-0.25, -0.2) is 29.9 Å². The molecule has 9 aromatic rings. The predicted octanol–water partition coefficient (Wildman–Crippen LogP) is 13.7. The van der Waals surface area contributed by atoms with Crippen molar-refractivity contribution >= 4 is 56.5 Å². The number of halogens is 10. The highest BCUT2D eigenvalue weighted by atomic mass is 35.5. The highest BCUT2D eigenvalue weighted by molar-refractivity contribution is 6.27. The number of carbonyl (C=O) groups excluding carboxylic acids is 2. The van der Waals surface area contributed by atoms with Gasteiger partial charge in [0.1, 0.15) is 57.9 Å². The Morgan fingerprint density at radius 1 is 0.486 bits per heavy atom. The average molecular weight is 1480 g/mol. The molecule has 31 heteroatoms. The first kappa shape index (κ1) is 76.1. The summed E-state index contributed by atoms with van der Waals surface area (Å²) in [4.78, 5) is 55.2. The van der Waals surface area contributed by atoms with Crippen molar-refractivity contribution in [1.29, 1.82) is 15.8 Å². The number of nitriles is 3. The molecule has 0 atom stereocenters. The van der Waals surface area contributed by atoms with Crippen LogP contribution in [0.2, 0.25) is 0 Å². The van der Waals surface area contributed by atoms with Crippen LogP contribution in [0.5, 0.6) is 17.2 Å². The number of piperidine rings is 3. The highest BCUT2D eigenvalue weighted by Crippen LogP contribution is 2.43. The topological polar surface area (TPSA) is 247 Å². The lowest BCUT2D eigenvalue weighted by atomic mass is 9.94. The molecule has 0 spiro atoms. The molecule has 21 nitrogen and oxygen atoms in total. The fraction of sp³-hybridized carbons (Fsp3) is 0.446. The molecule has 2 amide bonds. The summed E-state index contributed by atoms with van der Waals surface area (Å²) in [6, 6.07) is 22.4. The number of aromatic nitrogens is 9. The monoisotopic (exact) mass is 1470 g/mol. The Morgan fingerprint density at radius 3 is 1.12 bits per heavy atom. The quantitative estimate of drug-likeness (QED) is 0.0619. The maximum absolute atomic E-state index is 14.0. The summed E-state index contributed by atoms with van der Waals surface area (Å²) < 4.78 is 147. The Morgan fingerprint density at radius 2 is 0.810 bits per heavy atom. The van der Waals surface area contributed by atoms with Gasteiger partial charge in [-0.15, -0.1) is 11.6 Å². The summed E-state index contributed by atoms with van der Waals surface area (Å²) in [5.74, 6) is 0.380. The van der Waals surface area contributed by atoms with Crippen molar-refractivity contribution < 1.29 is 63.3 Å². The minimum atomic E-state index is -4.63. The molecule has 105 heavy (non-hydrogen) atoms. The summed E-state index contributed by atoms with van der Waals surface area (Å²) in [5, 5.41) is 31.5. The molecule has 6 aromatic heterocycles. The molecular weight excluding hydrogens is 1400 g/mol. The zero-order valence-electron chi connectivity index (χ0n) is 57.9.